The first-order valence-corrected chi connectivity index (χ1v) is 7.32. The number of halogens is 3. The molecule has 0 aliphatic heterocycles. The lowest BCUT2D eigenvalue weighted by atomic mass is 10.2. The van der Waals surface area contributed by atoms with Crippen LogP contribution in [-0.4, -0.2) is 5.88 Å². The Kier molecular flexibility index (Phi) is 5.92. The zero-order chi connectivity index (χ0) is 15.1. The molecule has 1 nitrogen and oxygen atoms in total. The molecule has 0 amide bonds. The third-order valence-corrected chi connectivity index (χ3v) is 3.32. The average molecular weight is 323 g/mol. The smallest absolute Gasteiger partial charge is 0.142 e. The van der Waals surface area contributed by atoms with E-state index in [1.807, 2.05) is 24.3 Å². The minimum atomic E-state index is -0.446. The molecule has 0 heterocycles. The largest absolute Gasteiger partial charge is 0.489 e. The maximum absolute atomic E-state index is 13.3. The van der Waals surface area contributed by atoms with Crippen LogP contribution >= 0.6 is 23.2 Å². The molecule has 0 aliphatic rings. The Morgan fingerprint density at radius 2 is 1.95 bits per heavy atom. The van der Waals surface area contributed by atoms with Gasteiger partial charge in [-0.2, -0.15) is 0 Å². The van der Waals surface area contributed by atoms with Gasteiger partial charge in [0.25, 0.3) is 0 Å². The van der Waals surface area contributed by atoms with E-state index in [0.29, 0.717) is 23.6 Å². The molecule has 4 heteroatoms. The monoisotopic (exact) mass is 322 g/mol. The third kappa shape index (κ3) is 4.67. The fraction of sp³-hybridized carbons (Fsp3) is 0.176. The van der Waals surface area contributed by atoms with E-state index in [2.05, 4.69) is 11.8 Å². The predicted molar refractivity (Wildman–Crippen MR) is 84.4 cm³/mol. The van der Waals surface area contributed by atoms with Crippen LogP contribution in [0, 0.1) is 17.7 Å². The van der Waals surface area contributed by atoms with E-state index < -0.39 is 5.82 Å². The lowest BCUT2D eigenvalue weighted by molar-refractivity contribution is 0.305. The quantitative estimate of drug-likeness (QED) is 0.566. The van der Waals surface area contributed by atoms with E-state index in [9.17, 15) is 4.39 Å². The second kappa shape index (κ2) is 7.93. The Morgan fingerprint density at radius 3 is 2.76 bits per heavy atom. The summed E-state index contributed by atoms with van der Waals surface area (Å²) in [5.41, 5.74) is 1.46. The molecule has 0 saturated carbocycles. The standard InChI is InChI=1S/C17H13Cl2FO/c18-10-2-1-5-13-6-3-8-15(11-13)21-12-14-7-4-9-16(20)17(14)19/h3-4,6-9,11H,2,10,12H2. The zero-order valence-corrected chi connectivity index (χ0v) is 12.7. The maximum atomic E-state index is 13.3. The lowest BCUT2D eigenvalue weighted by Crippen LogP contribution is -1.97. The molecule has 0 aliphatic carbocycles. The van der Waals surface area contributed by atoms with Crippen molar-refractivity contribution in [2.45, 2.75) is 13.0 Å². The van der Waals surface area contributed by atoms with E-state index in [4.69, 9.17) is 27.9 Å². The molecule has 108 valence electrons. The summed E-state index contributed by atoms with van der Waals surface area (Å²) in [6.45, 7) is 0.204. The van der Waals surface area contributed by atoms with Crippen LogP contribution in [0.15, 0.2) is 42.5 Å². The molecule has 0 bridgehead atoms. The highest BCUT2D eigenvalue weighted by Gasteiger charge is 2.06. The second-order valence-corrected chi connectivity index (χ2v) is 5.03. The Bertz CT molecular complexity index is 674. The number of hydrogen-bond donors (Lipinski definition) is 0. The van der Waals surface area contributed by atoms with Gasteiger partial charge >= 0.3 is 0 Å². The lowest BCUT2D eigenvalue weighted by Gasteiger charge is -2.08. The normalized spacial score (nSPS) is 9.86. The van der Waals surface area contributed by atoms with Gasteiger partial charge in [0.05, 0.1) is 5.02 Å². The molecule has 0 saturated heterocycles. The summed E-state index contributed by atoms with van der Waals surface area (Å²) in [5, 5.41) is 0.0931. The van der Waals surface area contributed by atoms with Gasteiger partial charge in [-0.15, -0.1) is 11.6 Å². The summed E-state index contributed by atoms with van der Waals surface area (Å²) in [6, 6.07) is 12.0. The van der Waals surface area contributed by atoms with E-state index in [1.54, 1.807) is 12.1 Å². The van der Waals surface area contributed by atoms with Gasteiger partial charge < -0.3 is 4.74 Å². The van der Waals surface area contributed by atoms with Crippen LogP contribution in [-0.2, 0) is 6.61 Å². The minimum absolute atomic E-state index is 0.0931. The van der Waals surface area contributed by atoms with Gasteiger partial charge in [-0.05, 0) is 24.3 Å². The fourth-order valence-electron chi connectivity index (χ4n) is 1.70. The highest BCUT2D eigenvalue weighted by Crippen LogP contribution is 2.22. The second-order valence-electron chi connectivity index (χ2n) is 4.27. The summed E-state index contributed by atoms with van der Waals surface area (Å²) >= 11 is 11.5. The number of ether oxygens (including phenoxy) is 1. The number of rotatable bonds is 4. The first-order valence-electron chi connectivity index (χ1n) is 6.41. The minimum Gasteiger partial charge on any atom is -0.489 e. The van der Waals surface area contributed by atoms with Crippen molar-refractivity contribution < 1.29 is 9.13 Å². The average Bonchev–Trinajstić information content (AvgIpc) is 2.50. The van der Waals surface area contributed by atoms with Crippen molar-refractivity contribution in [3.63, 3.8) is 0 Å². The molecule has 21 heavy (non-hydrogen) atoms. The first-order chi connectivity index (χ1) is 10.2. The Labute approximate surface area is 133 Å². The first kappa shape index (κ1) is 15.7. The summed E-state index contributed by atoms with van der Waals surface area (Å²) in [5.74, 6) is 6.69. The van der Waals surface area contributed by atoms with Crippen molar-refractivity contribution in [3.8, 4) is 17.6 Å². The van der Waals surface area contributed by atoms with Gasteiger partial charge in [-0.25, -0.2) is 4.39 Å². The molecule has 0 N–H and O–H groups in total. The van der Waals surface area contributed by atoms with E-state index >= 15 is 0 Å². The highest BCUT2D eigenvalue weighted by atomic mass is 35.5. The Balaban J connectivity index is 2.05. The van der Waals surface area contributed by atoms with Crippen LogP contribution in [0.5, 0.6) is 5.75 Å². The molecule has 0 unspecified atom stereocenters. The fourth-order valence-corrected chi connectivity index (χ4v) is 1.97. The molecule has 0 fully saturated rings. The molecule has 0 aromatic heterocycles. The van der Waals surface area contributed by atoms with Crippen molar-refractivity contribution in [1.29, 1.82) is 0 Å². The van der Waals surface area contributed by atoms with E-state index in [1.165, 1.54) is 6.07 Å². The molecule has 2 aromatic rings. The van der Waals surface area contributed by atoms with Crippen LogP contribution in [0.2, 0.25) is 5.02 Å². The SMILES string of the molecule is Fc1cccc(COc2cccc(C#CCCCl)c2)c1Cl. The van der Waals surface area contributed by atoms with Gasteiger partial charge in [0.15, 0.2) is 0 Å². The van der Waals surface area contributed by atoms with Crippen molar-refractivity contribution in [2.24, 2.45) is 0 Å². The maximum Gasteiger partial charge on any atom is 0.142 e. The summed E-state index contributed by atoms with van der Waals surface area (Å²) in [6.07, 6.45) is 0.644. The molecule has 2 aromatic carbocycles. The molecular weight excluding hydrogens is 310 g/mol. The van der Waals surface area contributed by atoms with Gasteiger partial charge in [-0.1, -0.05) is 41.6 Å². The number of hydrogen-bond acceptors (Lipinski definition) is 1. The van der Waals surface area contributed by atoms with E-state index in [0.717, 1.165) is 5.56 Å². The van der Waals surface area contributed by atoms with Crippen LogP contribution in [0.25, 0.3) is 0 Å². The Morgan fingerprint density at radius 1 is 1.14 bits per heavy atom. The topological polar surface area (TPSA) is 9.23 Å². The molecule has 0 radical (unpaired) electrons. The summed E-state index contributed by atoms with van der Waals surface area (Å²) in [7, 11) is 0. The van der Waals surface area contributed by atoms with Crippen LogP contribution < -0.4 is 4.74 Å². The van der Waals surface area contributed by atoms with E-state index in [-0.39, 0.29) is 11.6 Å². The molecular formula is C17H13Cl2FO. The molecule has 0 atom stereocenters. The van der Waals surface area contributed by atoms with Crippen LogP contribution in [0.3, 0.4) is 0 Å². The van der Waals surface area contributed by atoms with Crippen molar-refractivity contribution in [1.82, 2.24) is 0 Å². The van der Waals surface area contributed by atoms with Crippen LogP contribution in [0.1, 0.15) is 17.5 Å². The molecule has 0 spiro atoms. The van der Waals surface area contributed by atoms with Crippen molar-refractivity contribution in [3.05, 3.63) is 64.4 Å². The van der Waals surface area contributed by atoms with Crippen molar-refractivity contribution >= 4 is 23.2 Å². The number of benzene rings is 2. The van der Waals surface area contributed by atoms with Gasteiger partial charge in [0.1, 0.15) is 18.2 Å². The summed E-state index contributed by atoms with van der Waals surface area (Å²) < 4.78 is 19.0. The van der Waals surface area contributed by atoms with Crippen molar-refractivity contribution in [2.75, 3.05) is 5.88 Å². The van der Waals surface area contributed by atoms with Crippen LogP contribution in [0.4, 0.5) is 4.39 Å². The predicted octanol–water partition coefficient (Wildman–Crippen LogP) is 5.04. The summed E-state index contributed by atoms with van der Waals surface area (Å²) in [4.78, 5) is 0. The van der Waals surface area contributed by atoms with Gasteiger partial charge in [-0.3, -0.25) is 0 Å². The Hall–Kier alpha value is -1.69. The van der Waals surface area contributed by atoms with Gasteiger partial charge in [0, 0.05) is 23.4 Å². The third-order valence-electron chi connectivity index (χ3n) is 2.71. The number of alkyl halides is 1. The highest BCUT2D eigenvalue weighted by molar-refractivity contribution is 6.31. The van der Waals surface area contributed by atoms with Gasteiger partial charge in [0.2, 0.25) is 0 Å². The zero-order valence-electron chi connectivity index (χ0n) is 11.2. The molecule has 2 rings (SSSR count).